The summed E-state index contributed by atoms with van der Waals surface area (Å²) in [7, 11) is 0. The molecule has 1 aromatic heterocycles. The Labute approximate surface area is 188 Å². The molecule has 7 nitrogen and oxygen atoms in total. The topological polar surface area (TPSA) is 96.0 Å². The number of hydrogen-bond acceptors (Lipinski definition) is 5. The van der Waals surface area contributed by atoms with Crippen LogP contribution in [0.15, 0.2) is 39.8 Å². The summed E-state index contributed by atoms with van der Waals surface area (Å²) in [5.74, 6) is -0.326. The number of likely N-dealkylation sites (tertiary alicyclic amines) is 1. The molecule has 2 amide bonds. The molecule has 0 spiro atoms. The van der Waals surface area contributed by atoms with Gasteiger partial charge in [0.1, 0.15) is 11.7 Å². The maximum Gasteiger partial charge on any atom is 0.256 e. The predicted octanol–water partition coefficient (Wildman–Crippen LogP) is 3.32. The van der Waals surface area contributed by atoms with E-state index in [2.05, 4.69) is 10.1 Å². The Bertz CT molecular complexity index is 1060. The highest BCUT2D eigenvalue weighted by Gasteiger charge is 2.48. The molecule has 0 bridgehead atoms. The van der Waals surface area contributed by atoms with E-state index >= 15 is 0 Å². The van der Waals surface area contributed by atoms with E-state index in [0.717, 1.165) is 16.8 Å². The molecule has 2 aromatic rings. The van der Waals surface area contributed by atoms with Crippen LogP contribution in [0.3, 0.4) is 0 Å². The Hall–Kier alpha value is -2.80. The molecular weight excluding hydrogens is 406 g/mol. The molecule has 2 aliphatic rings. The summed E-state index contributed by atoms with van der Waals surface area (Å²) in [4.78, 5) is 32.7. The second-order valence-corrected chi connectivity index (χ2v) is 9.77. The van der Waals surface area contributed by atoms with E-state index in [1.807, 2.05) is 58.9 Å². The number of aliphatic hydroxyl groups is 1. The molecule has 3 heterocycles. The molecular formula is C25H31N3O4. The molecule has 1 aromatic carbocycles. The van der Waals surface area contributed by atoms with Gasteiger partial charge in [-0.2, -0.15) is 0 Å². The predicted molar refractivity (Wildman–Crippen MR) is 121 cm³/mol. The van der Waals surface area contributed by atoms with Crippen molar-refractivity contribution in [2.45, 2.75) is 70.9 Å². The molecule has 0 aliphatic carbocycles. The number of aliphatic hydroxyl groups excluding tert-OH is 1. The minimum atomic E-state index is -0.759. The van der Waals surface area contributed by atoms with Crippen molar-refractivity contribution in [3.05, 3.63) is 52.9 Å². The van der Waals surface area contributed by atoms with E-state index in [1.165, 1.54) is 0 Å². The van der Waals surface area contributed by atoms with Gasteiger partial charge in [-0.05, 0) is 32.3 Å². The Morgan fingerprint density at radius 1 is 1.25 bits per heavy atom. The number of hydrogen-bond donors (Lipinski definition) is 1. The maximum atomic E-state index is 13.6. The number of aromatic nitrogens is 1. The lowest BCUT2D eigenvalue weighted by Crippen LogP contribution is -2.44. The Morgan fingerprint density at radius 2 is 1.94 bits per heavy atom. The lowest BCUT2D eigenvalue weighted by Gasteiger charge is -2.30. The van der Waals surface area contributed by atoms with Crippen LogP contribution in [0.5, 0.6) is 0 Å². The van der Waals surface area contributed by atoms with Gasteiger partial charge in [-0.25, -0.2) is 4.99 Å². The summed E-state index contributed by atoms with van der Waals surface area (Å²) in [6, 6.07) is 9.31. The van der Waals surface area contributed by atoms with Gasteiger partial charge in [-0.1, -0.05) is 48.8 Å². The van der Waals surface area contributed by atoms with Gasteiger partial charge < -0.3 is 14.5 Å². The third-order valence-corrected chi connectivity index (χ3v) is 6.77. The van der Waals surface area contributed by atoms with Crippen LogP contribution in [0.25, 0.3) is 0 Å². The van der Waals surface area contributed by atoms with Gasteiger partial charge in [0.25, 0.3) is 5.91 Å². The number of rotatable bonds is 5. The summed E-state index contributed by atoms with van der Waals surface area (Å²) in [6.45, 7) is 9.88. The zero-order valence-electron chi connectivity index (χ0n) is 19.3. The average Bonchev–Trinajstić information content (AvgIpc) is 3.40. The number of nitrogens with zero attached hydrogens (tertiary/aromatic N) is 3. The first-order valence-corrected chi connectivity index (χ1v) is 11.2. The quantitative estimate of drug-likeness (QED) is 0.774. The van der Waals surface area contributed by atoms with Crippen LogP contribution in [0.4, 0.5) is 0 Å². The number of carbonyl (C=O) groups is 2. The minimum absolute atomic E-state index is 0.0155. The second-order valence-electron chi connectivity index (χ2n) is 9.77. The fourth-order valence-electron chi connectivity index (χ4n) is 4.89. The molecule has 1 saturated heterocycles. The highest BCUT2D eigenvalue weighted by Crippen LogP contribution is 2.39. The smallest absolute Gasteiger partial charge is 0.256 e. The summed E-state index contributed by atoms with van der Waals surface area (Å²) < 4.78 is 5.43. The molecule has 170 valence electrons. The van der Waals surface area contributed by atoms with Gasteiger partial charge in [-0.3, -0.25) is 9.59 Å². The van der Waals surface area contributed by atoms with Gasteiger partial charge >= 0.3 is 0 Å². The van der Waals surface area contributed by atoms with Crippen LogP contribution < -0.4 is 0 Å². The van der Waals surface area contributed by atoms with E-state index in [-0.39, 0.29) is 24.3 Å². The normalized spacial score (nSPS) is 26.7. The first-order chi connectivity index (χ1) is 15.1. The highest BCUT2D eigenvalue weighted by molar-refractivity contribution is 6.11. The molecule has 2 aliphatic heterocycles. The fraction of sp³-hybridized carbons (Fsp3) is 0.520. The number of carbonyl (C=O) groups excluding carboxylic acids is 2. The molecule has 4 rings (SSSR count). The van der Waals surface area contributed by atoms with Crippen molar-refractivity contribution in [2.24, 2.45) is 10.9 Å². The minimum Gasteiger partial charge on any atom is -0.391 e. The van der Waals surface area contributed by atoms with E-state index < -0.39 is 23.5 Å². The third-order valence-electron chi connectivity index (χ3n) is 6.77. The SMILES string of the molecule is Cc1ccc([C@]2(C)CC([C@H]3C[C@@H](O)CN3C(=O)[C@@H](c3cc(C)no3)C(C)C)=NC2=O)cc1. The summed E-state index contributed by atoms with van der Waals surface area (Å²) >= 11 is 0. The fourth-order valence-corrected chi connectivity index (χ4v) is 4.89. The first-order valence-electron chi connectivity index (χ1n) is 11.2. The zero-order chi connectivity index (χ0) is 23.2. The highest BCUT2D eigenvalue weighted by atomic mass is 16.5. The van der Waals surface area contributed by atoms with Crippen molar-refractivity contribution in [1.82, 2.24) is 10.1 Å². The number of β-amino-alcohol motifs (C(OH)–C–C–N with tert-alkyl or cyclic N) is 1. The van der Waals surface area contributed by atoms with E-state index in [4.69, 9.17) is 4.52 Å². The van der Waals surface area contributed by atoms with Gasteiger partial charge in [0.15, 0.2) is 0 Å². The standard InChI is InChI=1S/C25H31N3O4/c1-14(2)22(21-10-16(4)27-32-21)23(30)28-13-18(29)11-20(28)19-12-25(5,24(31)26-19)17-8-6-15(3)7-9-17/h6-10,14,18,20,22,29H,11-13H2,1-5H3/t18-,20-,22-,25+/m1/s1. The summed E-state index contributed by atoms with van der Waals surface area (Å²) in [5.41, 5.74) is 2.67. The van der Waals surface area contributed by atoms with E-state index in [1.54, 1.807) is 11.0 Å². The molecule has 4 atom stereocenters. The first kappa shape index (κ1) is 22.4. The average molecular weight is 438 g/mol. The van der Waals surface area contributed by atoms with Crippen molar-refractivity contribution in [3.63, 3.8) is 0 Å². The molecule has 1 N–H and O–H groups in total. The van der Waals surface area contributed by atoms with E-state index in [9.17, 15) is 14.7 Å². The number of aliphatic imine (C=N–C) groups is 1. The van der Waals surface area contributed by atoms with Crippen LogP contribution >= 0.6 is 0 Å². The number of amides is 2. The van der Waals surface area contributed by atoms with Crippen LogP contribution in [0.1, 0.15) is 62.1 Å². The largest absolute Gasteiger partial charge is 0.391 e. The monoisotopic (exact) mass is 437 g/mol. The Morgan fingerprint density at radius 3 is 2.53 bits per heavy atom. The van der Waals surface area contributed by atoms with Crippen LogP contribution in [-0.2, 0) is 15.0 Å². The molecule has 7 heteroatoms. The van der Waals surface area contributed by atoms with Crippen molar-refractivity contribution in [1.29, 1.82) is 0 Å². The molecule has 0 radical (unpaired) electrons. The van der Waals surface area contributed by atoms with Crippen molar-refractivity contribution < 1.29 is 19.2 Å². The second kappa shape index (κ2) is 8.28. The third kappa shape index (κ3) is 3.90. The number of aryl methyl sites for hydroxylation is 2. The lowest BCUT2D eigenvalue weighted by atomic mass is 9.78. The van der Waals surface area contributed by atoms with E-state index in [0.29, 0.717) is 24.3 Å². The number of benzene rings is 1. The van der Waals surface area contributed by atoms with Crippen LogP contribution in [0.2, 0.25) is 0 Å². The zero-order valence-corrected chi connectivity index (χ0v) is 19.3. The van der Waals surface area contributed by atoms with Crippen molar-refractivity contribution in [3.8, 4) is 0 Å². The summed E-state index contributed by atoms with van der Waals surface area (Å²) in [6.07, 6.45) is 0.156. The molecule has 0 unspecified atom stereocenters. The molecule has 32 heavy (non-hydrogen) atoms. The van der Waals surface area contributed by atoms with Gasteiger partial charge in [0.2, 0.25) is 5.91 Å². The van der Waals surface area contributed by atoms with Crippen LogP contribution in [0, 0.1) is 19.8 Å². The lowest BCUT2D eigenvalue weighted by molar-refractivity contribution is -0.134. The Balaban J connectivity index is 1.61. The Kier molecular flexibility index (Phi) is 5.79. The van der Waals surface area contributed by atoms with Crippen molar-refractivity contribution in [2.75, 3.05) is 6.54 Å². The van der Waals surface area contributed by atoms with Gasteiger partial charge in [-0.15, -0.1) is 0 Å². The van der Waals surface area contributed by atoms with Crippen molar-refractivity contribution >= 4 is 17.5 Å². The van der Waals surface area contributed by atoms with Crippen LogP contribution in [-0.4, -0.2) is 51.4 Å². The maximum absolute atomic E-state index is 13.6. The summed E-state index contributed by atoms with van der Waals surface area (Å²) in [5, 5.41) is 14.4. The molecule has 0 saturated carbocycles. The molecule has 1 fully saturated rings. The van der Waals surface area contributed by atoms with Gasteiger partial charge in [0, 0.05) is 31.2 Å². The van der Waals surface area contributed by atoms with Gasteiger partial charge in [0.05, 0.1) is 23.3 Å².